The Labute approximate surface area is 187 Å². The average Bonchev–Trinajstić information content (AvgIpc) is 3.07. The standard InChI is InChI=1S/C24H28N4O4/c1-24(2,3)32-22(29)13-12-16(14-26-28-25)27-23(30)31-15-21-19-10-6-4-8-17(19)18-9-5-7-11-20(18)21/h4-11,16,21H,12-15H2,1-3H3,(H,27,30)/t16-/m0/s1. The van der Waals surface area contributed by atoms with Crippen molar-refractivity contribution in [1.29, 1.82) is 0 Å². The summed E-state index contributed by atoms with van der Waals surface area (Å²) in [6, 6.07) is 15.6. The molecular formula is C24H28N4O4. The molecule has 168 valence electrons. The van der Waals surface area contributed by atoms with Gasteiger partial charge in [0, 0.05) is 29.8 Å². The van der Waals surface area contributed by atoms with E-state index in [2.05, 4.69) is 27.5 Å². The van der Waals surface area contributed by atoms with Gasteiger partial charge in [0.2, 0.25) is 0 Å². The highest BCUT2D eigenvalue weighted by atomic mass is 16.6. The summed E-state index contributed by atoms with van der Waals surface area (Å²) in [5.74, 6) is -0.428. The highest BCUT2D eigenvalue weighted by Gasteiger charge is 2.29. The number of ether oxygens (including phenoxy) is 2. The van der Waals surface area contributed by atoms with Crippen LogP contribution in [0, 0.1) is 0 Å². The van der Waals surface area contributed by atoms with E-state index < -0.39 is 17.7 Å². The van der Waals surface area contributed by atoms with Gasteiger partial charge in [-0.15, -0.1) is 0 Å². The van der Waals surface area contributed by atoms with Crippen LogP contribution in [-0.2, 0) is 14.3 Å². The number of azide groups is 1. The second-order valence-electron chi connectivity index (χ2n) is 8.71. The van der Waals surface area contributed by atoms with Crippen molar-refractivity contribution in [3.63, 3.8) is 0 Å². The Balaban J connectivity index is 1.59. The minimum absolute atomic E-state index is 0.0174. The van der Waals surface area contributed by atoms with Crippen molar-refractivity contribution >= 4 is 12.1 Å². The highest BCUT2D eigenvalue weighted by molar-refractivity contribution is 5.79. The predicted molar refractivity (Wildman–Crippen MR) is 121 cm³/mol. The first kappa shape index (κ1) is 23.2. The number of hydrogen-bond acceptors (Lipinski definition) is 5. The van der Waals surface area contributed by atoms with Crippen molar-refractivity contribution in [2.24, 2.45) is 5.11 Å². The molecule has 0 radical (unpaired) electrons. The third-order valence-corrected chi connectivity index (χ3v) is 5.15. The number of alkyl carbamates (subject to hydrolysis) is 1. The van der Waals surface area contributed by atoms with Crippen molar-refractivity contribution in [3.05, 3.63) is 70.1 Å². The number of fused-ring (bicyclic) bond motifs is 3. The van der Waals surface area contributed by atoms with Gasteiger partial charge in [-0.1, -0.05) is 53.6 Å². The molecule has 1 N–H and O–H groups in total. The van der Waals surface area contributed by atoms with Crippen molar-refractivity contribution in [2.45, 2.75) is 51.2 Å². The van der Waals surface area contributed by atoms with Gasteiger partial charge in [-0.25, -0.2) is 4.79 Å². The summed E-state index contributed by atoms with van der Waals surface area (Å²) in [6.45, 7) is 5.57. The first-order chi connectivity index (χ1) is 15.3. The minimum atomic E-state index is -0.616. The molecule has 0 fully saturated rings. The zero-order valence-electron chi connectivity index (χ0n) is 18.6. The Morgan fingerprint density at radius 2 is 1.69 bits per heavy atom. The number of nitrogens with one attached hydrogen (secondary N) is 1. The molecule has 0 aromatic heterocycles. The zero-order valence-corrected chi connectivity index (χ0v) is 18.6. The summed E-state index contributed by atoms with van der Waals surface area (Å²) >= 11 is 0. The van der Waals surface area contributed by atoms with Gasteiger partial charge in [0.05, 0.1) is 0 Å². The van der Waals surface area contributed by atoms with Gasteiger partial charge >= 0.3 is 12.1 Å². The van der Waals surface area contributed by atoms with Crippen molar-refractivity contribution in [2.75, 3.05) is 13.2 Å². The fraction of sp³-hybridized carbons (Fsp3) is 0.417. The molecule has 0 spiro atoms. The Hall–Kier alpha value is -3.51. The molecule has 0 saturated carbocycles. The molecule has 1 atom stereocenters. The van der Waals surface area contributed by atoms with Crippen LogP contribution in [0.3, 0.4) is 0 Å². The largest absolute Gasteiger partial charge is 0.460 e. The lowest BCUT2D eigenvalue weighted by molar-refractivity contribution is -0.155. The third-order valence-electron chi connectivity index (χ3n) is 5.15. The summed E-state index contributed by atoms with van der Waals surface area (Å²) < 4.78 is 10.8. The van der Waals surface area contributed by atoms with Gasteiger partial charge in [-0.05, 0) is 55.0 Å². The predicted octanol–water partition coefficient (Wildman–Crippen LogP) is 5.33. The van der Waals surface area contributed by atoms with Crippen molar-refractivity contribution < 1.29 is 19.1 Å². The number of benzene rings is 2. The number of carbonyl (C=O) groups is 2. The topological polar surface area (TPSA) is 113 Å². The number of hydrogen-bond donors (Lipinski definition) is 1. The molecule has 2 aromatic rings. The number of carbonyl (C=O) groups excluding carboxylic acids is 2. The number of amides is 1. The number of nitrogens with zero attached hydrogens (tertiary/aromatic N) is 3. The Bertz CT molecular complexity index is 979. The van der Waals surface area contributed by atoms with E-state index in [-0.39, 0.29) is 37.9 Å². The maximum atomic E-state index is 12.5. The van der Waals surface area contributed by atoms with Crippen LogP contribution in [0.1, 0.15) is 50.7 Å². The molecule has 0 heterocycles. The van der Waals surface area contributed by atoms with Gasteiger partial charge in [0.15, 0.2) is 0 Å². The zero-order chi connectivity index (χ0) is 23.1. The Morgan fingerprint density at radius 3 is 2.25 bits per heavy atom. The second kappa shape index (κ2) is 10.2. The quantitative estimate of drug-likeness (QED) is 0.261. The molecule has 1 aliphatic rings. The molecule has 2 aromatic carbocycles. The van der Waals surface area contributed by atoms with Crippen LogP contribution < -0.4 is 5.32 Å². The highest BCUT2D eigenvalue weighted by Crippen LogP contribution is 2.44. The molecule has 8 heteroatoms. The first-order valence-electron chi connectivity index (χ1n) is 10.6. The van der Waals surface area contributed by atoms with Crippen molar-refractivity contribution in [1.82, 2.24) is 5.32 Å². The fourth-order valence-electron chi connectivity index (χ4n) is 3.84. The third kappa shape index (κ3) is 6.02. The lowest BCUT2D eigenvalue weighted by Crippen LogP contribution is -2.38. The van der Waals surface area contributed by atoms with Crippen LogP contribution >= 0.6 is 0 Å². The molecule has 3 rings (SSSR count). The van der Waals surface area contributed by atoms with E-state index in [0.717, 1.165) is 22.3 Å². The fourth-order valence-corrected chi connectivity index (χ4v) is 3.84. The molecule has 0 saturated heterocycles. The monoisotopic (exact) mass is 436 g/mol. The molecule has 0 bridgehead atoms. The summed E-state index contributed by atoms with van der Waals surface area (Å²) in [6.07, 6.45) is -0.251. The first-order valence-corrected chi connectivity index (χ1v) is 10.6. The van der Waals surface area contributed by atoms with E-state index in [4.69, 9.17) is 15.0 Å². The maximum absolute atomic E-state index is 12.5. The lowest BCUT2D eigenvalue weighted by Gasteiger charge is -2.21. The van der Waals surface area contributed by atoms with Crippen LogP contribution in [0.4, 0.5) is 4.79 Å². The van der Waals surface area contributed by atoms with Gasteiger partial charge in [0.1, 0.15) is 12.2 Å². The van der Waals surface area contributed by atoms with Gasteiger partial charge in [0.25, 0.3) is 0 Å². The van der Waals surface area contributed by atoms with Crippen LogP contribution in [0.25, 0.3) is 21.6 Å². The Kier molecular flexibility index (Phi) is 7.38. The lowest BCUT2D eigenvalue weighted by atomic mass is 9.98. The number of rotatable bonds is 8. The van der Waals surface area contributed by atoms with Crippen LogP contribution in [0.15, 0.2) is 53.6 Å². The minimum Gasteiger partial charge on any atom is -0.460 e. The molecule has 0 unspecified atom stereocenters. The second-order valence-corrected chi connectivity index (χ2v) is 8.71. The van der Waals surface area contributed by atoms with Crippen LogP contribution in [0.2, 0.25) is 0 Å². The summed E-state index contributed by atoms with van der Waals surface area (Å²) in [5, 5.41) is 6.24. The van der Waals surface area contributed by atoms with E-state index in [9.17, 15) is 9.59 Å². The summed E-state index contributed by atoms with van der Waals surface area (Å²) in [4.78, 5) is 27.2. The normalized spacial score (nSPS) is 13.3. The molecule has 1 amide bonds. The van der Waals surface area contributed by atoms with Crippen molar-refractivity contribution in [3.8, 4) is 11.1 Å². The van der Waals surface area contributed by atoms with E-state index in [1.807, 2.05) is 36.4 Å². The van der Waals surface area contributed by atoms with Crippen LogP contribution in [-0.4, -0.2) is 36.9 Å². The van der Waals surface area contributed by atoms with Gasteiger partial charge in [-0.3, -0.25) is 4.79 Å². The molecular weight excluding hydrogens is 408 g/mol. The van der Waals surface area contributed by atoms with E-state index in [1.165, 1.54) is 0 Å². The average molecular weight is 437 g/mol. The smallest absolute Gasteiger partial charge is 0.407 e. The summed E-state index contributed by atoms with van der Waals surface area (Å²) in [5.41, 5.74) is 12.6. The van der Waals surface area contributed by atoms with Gasteiger partial charge in [-0.2, -0.15) is 0 Å². The number of esters is 1. The van der Waals surface area contributed by atoms with Gasteiger partial charge < -0.3 is 14.8 Å². The molecule has 8 nitrogen and oxygen atoms in total. The Morgan fingerprint density at radius 1 is 1.09 bits per heavy atom. The SMILES string of the molecule is CC(C)(C)OC(=O)CC[C@@H](CN=[N+]=[N-])NC(=O)OCC1c2ccccc2-c2ccccc21. The van der Waals surface area contributed by atoms with E-state index in [0.29, 0.717) is 0 Å². The molecule has 0 aliphatic heterocycles. The van der Waals surface area contributed by atoms with E-state index >= 15 is 0 Å². The molecule has 32 heavy (non-hydrogen) atoms. The van der Waals surface area contributed by atoms with Crippen LogP contribution in [0.5, 0.6) is 0 Å². The summed E-state index contributed by atoms with van der Waals surface area (Å²) in [7, 11) is 0. The maximum Gasteiger partial charge on any atom is 0.407 e. The van der Waals surface area contributed by atoms with E-state index in [1.54, 1.807) is 20.8 Å². The molecule has 1 aliphatic carbocycles.